The molecule has 166 valence electrons. The second-order valence-corrected chi connectivity index (χ2v) is 7.33. The summed E-state index contributed by atoms with van der Waals surface area (Å²) in [4.78, 5) is 24.2. The van der Waals surface area contributed by atoms with Crippen LogP contribution in [0.15, 0.2) is 36.7 Å². The molecule has 1 saturated heterocycles. The molecular formula is C21H22N6O5. The van der Waals surface area contributed by atoms with Gasteiger partial charge in [-0.15, -0.1) is 0 Å². The molecule has 0 spiro atoms. The maximum Gasteiger partial charge on any atom is 0.327 e. The van der Waals surface area contributed by atoms with Crippen molar-refractivity contribution in [1.29, 1.82) is 0 Å². The normalized spacial score (nSPS) is 21.1. The van der Waals surface area contributed by atoms with E-state index in [1.54, 1.807) is 4.57 Å². The smallest absolute Gasteiger partial charge is 0.327 e. The molecule has 4 atom stereocenters. The standard InChI is InChI=1S/C21H22N6O5/c22-19-18-20(25-11-24-19)27(17-9-14(29)15(10-28)32-17)16(26-18)6-7-23-13(21(30)31)8-12-4-2-1-3-5-12/h1-5,11,13-15,17,23,28-29H,8-10H2,(H,30,31)(H2,22,24,25)/t13-,14-,15+,17-/m0/s1. The molecule has 0 bridgehead atoms. The van der Waals surface area contributed by atoms with E-state index < -0.39 is 30.4 Å². The molecule has 3 heterocycles. The average Bonchev–Trinajstić information content (AvgIpc) is 3.34. The number of nitrogens with two attached hydrogens (primary N) is 1. The lowest BCUT2D eigenvalue weighted by Gasteiger charge is -2.15. The van der Waals surface area contributed by atoms with Crippen molar-refractivity contribution in [3.63, 3.8) is 0 Å². The van der Waals surface area contributed by atoms with Crippen molar-refractivity contribution in [2.24, 2.45) is 0 Å². The molecule has 0 unspecified atom stereocenters. The number of carbonyl (C=O) groups is 1. The Kier molecular flexibility index (Phi) is 6.18. The molecule has 32 heavy (non-hydrogen) atoms. The van der Waals surface area contributed by atoms with Crippen LogP contribution in [-0.2, 0) is 16.0 Å². The van der Waals surface area contributed by atoms with Gasteiger partial charge in [0.2, 0.25) is 0 Å². The lowest BCUT2D eigenvalue weighted by atomic mass is 10.1. The molecule has 4 rings (SSSR count). The summed E-state index contributed by atoms with van der Waals surface area (Å²) in [7, 11) is 0. The van der Waals surface area contributed by atoms with Crippen LogP contribution in [0.1, 0.15) is 24.0 Å². The number of aliphatic hydroxyl groups excluding tert-OH is 2. The molecule has 0 radical (unpaired) electrons. The number of rotatable bonds is 6. The molecule has 1 fully saturated rings. The number of nitrogens with zero attached hydrogens (tertiary/aromatic N) is 4. The first kappa shape index (κ1) is 21.5. The van der Waals surface area contributed by atoms with Crippen molar-refractivity contribution >= 4 is 23.0 Å². The fourth-order valence-corrected chi connectivity index (χ4v) is 3.55. The highest BCUT2D eigenvalue weighted by Crippen LogP contribution is 2.32. The summed E-state index contributed by atoms with van der Waals surface area (Å²) in [5, 5.41) is 31.8. The van der Waals surface area contributed by atoms with Crippen LogP contribution in [0.2, 0.25) is 0 Å². The highest BCUT2D eigenvalue weighted by Gasteiger charge is 2.36. The van der Waals surface area contributed by atoms with Crippen LogP contribution in [0.25, 0.3) is 11.2 Å². The van der Waals surface area contributed by atoms with E-state index in [1.165, 1.54) is 6.33 Å². The molecule has 3 aromatic rings. The Morgan fingerprint density at radius 1 is 1.34 bits per heavy atom. The summed E-state index contributed by atoms with van der Waals surface area (Å²) in [5.74, 6) is 2.12. The number of hydrogen-bond acceptors (Lipinski definition) is 9. The van der Waals surface area contributed by atoms with Gasteiger partial charge in [0, 0.05) is 18.9 Å². The van der Waals surface area contributed by atoms with E-state index in [1.807, 2.05) is 30.3 Å². The third-order valence-corrected chi connectivity index (χ3v) is 5.18. The van der Waals surface area contributed by atoms with Gasteiger partial charge in [-0.1, -0.05) is 30.3 Å². The number of benzene rings is 1. The molecule has 0 amide bonds. The van der Waals surface area contributed by atoms with Gasteiger partial charge in [-0.05, 0) is 11.5 Å². The molecule has 0 saturated carbocycles. The van der Waals surface area contributed by atoms with Crippen LogP contribution in [-0.4, -0.2) is 65.7 Å². The second-order valence-electron chi connectivity index (χ2n) is 7.33. The number of hydrogen-bond donors (Lipinski definition) is 5. The topological polar surface area (TPSA) is 169 Å². The summed E-state index contributed by atoms with van der Waals surface area (Å²) < 4.78 is 7.30. The Morgan fingerprint density at radius 3 is 2.81 bits per heavy atom. The van der Waals surface area contributed by atoms with Gasteiger partial charge in [-0.2, -0.15) is 0 Å². The summed E-state index contributed by atoms with van der Waals surface area (Å²) in [5.41, 5.74) is 7.44. The molecule has 6 N–H and O–H groups in total. The molecule has 11 nitrogen and oxygen atoms in total. The Morgan fingerprint density at radius 2 is 2.12 bits per heavy atom. The Balaban J connectivity index is 1.64. The van der Waals surface area contributed by atoms with Gasteiger partial charge < -0.3 is 31.1 Å². The molecule has 1 aliphatic rings. The van der Waals surface area contributed by atoms with Crippen LogP contribution in [0.5, 0.6) is 0 Å². The predicted octanol–water partition coefficient (Wildman–Crippen LogP) is -0.356. The number of carboxylic acid groups (broad SMARTS) is 1. The van der Waals surface area contributed by atoms with Crippen LogP contribution >= 0.6 is 0 Å². The van der Waals surface area contributed by atoms with Crippen molar-refractivity contribution in [1.82, 2.24) is 24.8 Å². The Hall–Kier alpha value is -3.72. The lowest BCUT2D eigenvalue weighted by molar-refractivity contribution is -0.139. The fourth-order valence-electron chi connectivity index (χ4n) is 3.55. The van der Waals surface area contributed by atoms with Crippen LogP contribution in [0.4, 0.5) is 5.82 Å². The zero-order valence-corrected chi connectivity index (χ0v) is 16.9. The van der Waals surface area contributed by atoms with Crippen LogP contribution in [0.3, 0.4) is 0 Å². The van der Waals surface area contributed by atoms with Crippen LogP contribution < -0.4 is 11.1 Å². The van der Waals surface area contributed by atoms with Gasteiger partial charge in [-0.3, -0.25) is 4.57 Å². The van der Waals surface area contributed by atoms with E-state index in [4.69, 9.17) is 10.5 Å². The first-order valence-corrected chi connectivity index (χ1v) is 9.94. The maximum absolute atomic E-state index is 11.7. The molecule has 1 aliphatic heterocycles. The number of nitrogens with one attached hydrogen (secondary N) is 1. The largest absolute Gasteiger partial charge is 0.480 e. The van der Waals surface area contributed by atoms with Gasteiger partial charge >= 0.3 is 5.97 Å². The SMILES string of the molecule is Nc1ncnc2c1nc(C#CN[C@@H](Cc1ccccc1)C(=O)O)n2[C@@H]1C[C@H](O)[C@@H](CO)O1. The minimum Gasteiger partial charge on any atom is -0.480 e. The fraction of sp³-hybridized carbons (Fsp3) is 0.333. The van der Waals surface area contributed by atoms with Crippen molar-refractivity contribution in [3.8, 4) is 12.0 Å². The summed E-state index contributed by atoms with van der Waals surface area (Å²) in [6.07, 6.45) is -0.601. The van der Waals surface area contributed by atoms with Gasteiger partial charge in [-0.25, -0.2) is 19.7 Å². The van der Waals surface area contributed by atoms with Crippen molar-refractivity contribution in [2.45, 2.75) is 37.3 Å². The molecule has 11 heteroatoms. The second kappa shape index (κ2) is 9.19. The number of imidazole rings is 1. The van der Waals surface area contributed by atoms with Crippen molar-refractivity contribution in [2.75, 3.05) is 12.3 Å². The monoisotopic (exact) mass is 438 g/mol. The summed E-state index contributed by atoms with van der Waals surface area (Å²) in [6.45, 7) is -0.343. The molecule has 2 aromatic heterocycles. The number of fused-ring (bicyclic) bond motifs is 1. The van der Waals surface area contributed by atoms with Gasteiger partial charge in [0.15, 0.2) is 22.8 Å². The third kappa shape index (κ3) is 4.33. The highest BCUT2D eigenvalue weighted by atomic mass is 16.5. The maximum atomic E-state index is 11.7. The number of anilines is 1. The predicted molar refractivity (Wildman–Crippen MR) is 113 cm³/mol. The van der Waals surface area contributed by atoms with Crippen molar-refractivity contribution < 1.29 is 24.9 Å². The molecule has 1 aromatic carbocycles. The van der Waals surface area contributed by atoms with Gasteiger partial charge in [0.1, 0.15) is 24.7 Å². The van der Waals surface area contributed by atoms with Gasteiger partial charge in [0.05, 0.1) is 12.7 Å². The zero-order chi connectivity index (χ0) is 22.7. The van der Waals surface area contributed by atoms with E-state index in [9.17, 15) is 20.1 Å². The van der Waals surface area contributed by atoms with Crippen molar-refractivity contribution in [3.05, 3.63) is 48.0 Å². The number of carboxylic acids is 1. The van der Waals surface area contributed by atoms with E-state index in [0.717, 1.165) is 5.56 Å². The number of aliphatic carboxylic acids is 1. The van der Waals surface area contributed by atoms with E-state index in [2.05, 4.69) is 32.2 Å². The number of aliphatic hydroxyl groups is 2. The van der Waals surface area contributed by atoms with E-state index in [0.29, 0.717) is 11.2 Å². The number of nitrogen functional groups attached to an aromatic ring is 1. The van der Waals surface area contributed by atoms with Gasteiger partial charge in [0.25, 0.3) is 0 Å². The minimum atomic E-state index is -1.04. The van der Waals surface area contributed by atoms with Crippen LogP contribution in [0, 0.1) is 12.0 Å². The third-order valence-electron chi connectivity index (χ3n) is 5.18. The van der Waals surface area contributed by atoms with E-state index in [-0.39, 0.29) is 31.1 Å². The first-order valence-electron chi connectivity index (χ1n) is 9.94. The van der Waals surface area contributed by atoms with E-state index >= 15 is 0 Å². The highest BCUT2D eigenvalue weighted by molar-refractivity contribution is 5.82. The lowest BCUT2D eigenvalue weighted by Crippen LogP contribution is -2.35. The summed E-state index contributed by atoms with van der Waals surface area (Å²) >= 11 is 0. The number of ether oxygens (including phenoxy) is 1. The number of aromatic nitrogens is 4. The molecule has 0 aliphatic carbocycles. The minimum absolute atomic E-state index is 0.148. The Bertz CT molecular complexity index is 1170. The first-order chi connectivity index (χ1) is 15.5. The summed E-state index contributed by atoms with van der Waals surface area (Å²) in [6, 6.07) is 10.9. The zero-order valence-electron chi connectivity index (χ0n) is 16.9. The quantitative estimate of drug-likeness (QED) is 0.253. The molecular weight excluding hydrogens is 416 g/mol. The average molecular weight is 438 g/mol. The Labute approximate surface area is 182 Å².